The number of aliphatic carboxylic acids is 1. The lowest BCUT2D eigenvalue weighted by atomic mass is 9.96. The summed E-state index contributed by atoms with van der Waals surface area (Å²) in [4.78, 5) is 25.8. The van der Waals surface area contributed by atoms with E-state index in [-0.39, 0.29) is 6.42 Å². The second kappa shape index (κ2) is 8.43. The van der Waals surface area contributed by atoms with Crippen LogP contribution in [0.25, 0.3) is 0 Å². The van der Waals surface area contributed by atoms with Crippen molar-refractivity contribution in [3.8, 4) is 0 Å². The fourth-order valence-corrected chi connectivity index (χ4v) is 3.24. The second-order valence-electron chi connectivity index (χ2n) is 7.79. The SMILES string of the molecule is CCCN1CCCc2cc(CC(NC(=O)OC(C)(C)C)C(=O)O)ccc21. The van der Waals surface area contributed by atoms with E-state index in [2.05, 4.69) is 29.3 Å². The van der Waals surface area contributed by atoms with Crippen molar-refractivity contribution in [3.05, 3.63) is 29.3 Å². The normalized spacial score (nSPS) is 15.2. The number of nitrogens with one attached hydrogen (secondary N) is 1. The van der Waals surface area contributed by atoms with Gasteiger partial charge in [0.05, 0.1) is 0 Å². The minimum Gasteiger partial charge on any atom is -0.480 e. The first-order valence-corrected chi connectivity index (χ1v) is 9.28. The van der Waals surface area contributed by atoms with E-state index in [1.807, 2.05) is 6.07 Å². The molecule has 1 aliphatic rings. The van der Waals surface area contributed by atoms with E-state index in [0.29, 0.717) is 0 Å². The Morgan fingerprint density at radius 2 is 2.08 bits per heavy atom. The Balaban J connectivity index is 2.09. The van der Waals surface area contributed by atoms with E-state index in [1.165, 1.54) is 11.3 Å². The summed E-state index contributed by atoms with van der Waals surface area (Å²) in [7, 11) is 0. The number of nitrogens with zero attached hydrogens (tertiary/aromatic N) is 1. The van der Waals surface area contributed by atoms with Crippen LogP contribution in [0.15, 0.2) is 18.2 Å². The van der Waals surface area contributed by atoms with Gasteiger partial charge in [-0.15, -0.1) is 0 Å². The molecule has 1 aliphatic heterocycles. The number of aryl methyl sites for hydroxylation is 1. The highest BCUT2D eigenvalue weighted by Crippen LogP contribution is 2.28. The summed E-state index contributed by atoms with van der Waals surface area (Å²) in [5, 5.41) is 11.9. The van der Waals surface area contributed by atoms with Crippen LogP contribution in [0.1, 0.15) is 51.7 Å². The molecule has 6 nitrogen and oxygen atoms in total. The lowest BCUT2D eigenvalue weighted by molar-refractivity contribution is -0.139. The summed E-state index contributed by atoms with van der Waals surface area (Å²) >= 11 is 0. The average molecular weight is 362 g/mol. The summed E-state index contributed by atoms with van der Waals surface area (Å²) in [6, 6.07) is 5.09. The smallest absolute Gasteiger partial charge is 0.408 e. The van der Waals surface area contributed by atoms with Crippen molar-refractivity contribution < 1.29 is 19.4 Å². The van der Waals surface area contributed by atoms with E-state index in [0.717, 1.165) is 37.9 Å². The molecule has 0 fully saturated rings. The van der Waals surface area contributed by atoms with Gasteiger partial charge < -0.3 is 20.1 Å². The van der Waals surface area contributed by atoms with Gasteiger partial charge in [0, 0.05) is 25.2 Å². The lowest BCUT2D eigenvalue weighted by Crippen LogP contribution is -2.44. The molecule has 0 spiro atoms. The van der Waals surface area contributed by atoms with Crippen LogP contribution in [0.2, 0.25) is 0 Å². The Morgan fingerprint density at radius 3 is 2.69 bits per heavy atom. The number of fused-ring (bicyclic) bond motifs is 1. The van der Waals surface area contributed by atoms with Crippen LogP contribution in [0.3, 0.4) is 0 Å². The fourth-order valence-electron chi connectivity index (χ4n) is 3.24. The standard InChI is InChI=1S/C20H30N2O4/c1-5-10-22-11-6-7-15-12-14(8-9-17(15)22)13-16(18(23)24)21-19(25)26-20(2,3)4/h8-9,12,16H,5-7,10-11,13H2,1-4H3,(H,21,25)(H,23,24). The highest BCUT2D eigenvalue weighted by Gasteiger charge is 2.25. The van der Waals surface area contributed by atoms with Crippen molar-refractivity contribution in [2.75, 3.05) is 18.0 Å². The zero-order valence-corrected chi connectivity index (χ0v) is 16.2. The lowest BCUT2D eigenvalue weighted by Gasteiger charge is -2.31. The molecule has 0 radical (unpaired) electrons. The van der Waals surface area contributed by atoms with E-state index in [9.17, 15) is 14.7 Å². The minimum atomic E-state index is -1.07. The molecule has 0 aliphatic carbocycles. The molecule has 1 unspecified atom stereocenters. The van der Waals surface area contributed by atoms with Gasteiger partial charge in [0.15, 0.2) is 0 Å². The highest BCUT2D eigenvalue weighted by molar-refractivity contribution is 5.80. The Morgan fingerprint density at radius 1 is 1.35 bits per heavy atom. The molecule has 0 aromatic heterocycles. The number of anilines is 1. The Hall–Kier alpha value is -2.24. The molecule has 1 aromatic rings. The topological polar surface area (TPSA) is 78.9 Å². The number of carbonyl (C=O) groups is 2. The zero-order valence-electron chi connectivity index (χ0n) is 16.2. The van der Waals surface area contributed by atoms with Crippen molar-refractivity contribution >= 4 is 17.7 Å². The van der Waals surface area contributed by atoms with Crippen LogP contribution in [0, 0.1) is 0 Å². The molecule has 0 saturated carbocycles. The number of carbonyl (C=O) groups excluding carboxylic acids is 1. The van der Waals surface area contributed by atoms with Crippen molar-refractivity contribution in [2.45, 2.75) is 65.0 Å². The van der Waals surface area contributed by atoms with Crippen molar-refractivity contribution in [1.29, 1.82) is 0 Å². The number of carboxylic acids is 1. The van der Waals surface area contributed by atoms with Gasteiger partial charge in [0.1, 0.15) is 11.6 Å². The predicted molar refractivity (Wildman–Crippen MR) is 102 cm³/mol. The average Bonchev–Trinajstić information content (AvgIpc) is 2.52. The van der Waals surface area contributed by atoms with Crippen LogP contribution >= 0.6 is 0 Å². The molecule has 2 rings (SSSR count). The molecular formula is C20H30N2O4. The third kappa shape index (κ3) is 5.64. The molecule has 1 aromatic carbocycles. The minimum absolute atomic E-state index is 0.232. The summed E-state index contributed by atoms with van der Waals surface area (Å²) in [5.74, 6) is -1.07. The number of ether oxygens (including phenoxy) is 1. The molecular weight excluding hydrogens is 332 g/mol. The van der Waals surface area contributed by atoms with Crippen molar-refractivity contribution in [1.82, 2.24) is 5.32 Å². The van der Waals surface area contributed by atoms with Crippen LogP contribution in [0.5, 0.6) is 0 Å². The molecule has 6 heteroatoms. The van der Waals surface area contributed by atoms with Gasteiger partial charge >= 0.3 is 12.1 Å². The monoisotopic (exact) mass is 362 g/mol. The van der Waals surface area contributed by atoms with E-state index in [4.69, 9.17) is 4.74 Å². The summed E-state index contributed by atoms with van der Waals surface area (Å²) in [5.41, 5.74) is 2.74. The highest BCUT2D eigenvalue weighted by atomic mass is 16.6. The predicted octanol–water partition coefficient (Wildman–Crippen LogP) is 3.37. The largest absolute Gasteiger partial charge is 0.480 e. The van der Waals surface area contributed by atoms with Gasteiger partial charge in [0.2, 0.25) is 0 Å². The van der Waals surface area contributed by atoms with Crippen LogP contribution in [0.4, 0.5) is 10.5 Å². The van der Waals surface area contributed by atoms with Gasteiger partial charge in [-0.2, -0.15) is 0 Å². The third-order valence-corrected chi connectivity index (χ3v) is 4.28. The van der Waals surface area contributed by atoms with Gasteiger partial charge in [-0.25, -0.2) is 9.59 Å². The Labute approximate surface area is 155 Å². The van der Waals surface area contributed by atoms with Gasteiger partial charge in [-0.3, -0.25) is 0 Å². The number of benzene rings is 1. The molecule has 0 bridgehead atoms. The molecule has 2 N–H and O–H groups in total. The number of rotatable bonds is 6. The first-order chi connectivity index (χ1) is 12.2. The number of amides is 1. The number of hydrogen-bond donors (Lipinski definition) is 2. The third-order valence-electron chi connectivity index (χ3n) is 4.28. The maximum Gasteiger partial charge on any atom is 0.408 e. The molecule has 0 saturated heterocycles. The maximum atomic E-state index is 11.9. The number of alkyl carbamates (subject to hydrolysis) is 1. The fraction of sp³-hybridized carbons (Fsp3) is 0.600. The molecule has 1 amide bonds. The van der Waals surface area contributed by atoms with E-state index in [1.54, 1.807) is 20.8 Å². The second-order valence-corrected chi connectivity index (χ2v) is 7.79. The molecule has 1 heterocycles. The van der Waals surface area contributed by atoms with Crippen molar-refractivity contribution in [2.24, 2.45) is 0 Å². The molecule has 26 heavy (non-hydrogen) atoms. The molecule has 1 atom stereocenters. The first kappa shape index (κ1) is 20.1. The summed E-state index contributed by atoms with van der Waals surface area (Å²) < 4.78 is 5.17. The summed E-state index contributed by atoms with van der Waals surface area (Å²) in [6.07, 6.45) is 2.73. The van der Waals surface area contributed by atoms with Gasteiger partial charge in [-0.1, -0.05) is 19.1 Å². The van der Waals surface area contributed by atoms with Crippen molar-refractivity contribution in [3.63, 3.8) is 0 Å². The quantitative estimate of drug-likeness (QED) is 0.811. The van der Waals surface area contributed by atoms with Crippen LogP contribution in [-0.2, 0) is 22.4 Å². The molecule has 144 valence electrons. The van der Waals surface area contributed by atoms with Crippen LogP contribution in [-0.4, -0.2) is 41.9 Å². The zero-order chi connectivity index (χ0) is 19.3. The van der Waals surface area contributed by atoms with E-state index >= 15 is 0 Å². The maximum absolute atomic E-state index is 11.9. The summed E-state index contributed by atoms with van der Waals surface area (Å²) in [6.45, 7) is 9.50. The van der Waals surface area contributed by atoms with E-state index < -0.39 is 23.7 Å². The number of carboxylic acid groups (broad SMARTS) is 1. The Kier molecular flexibility index (Phi) is 6.51. The number of hydrogen-bond acceptors (Lipinski definition) is 4. The van der Waals surface area contributed by atoms with Crippen LogP contribution < -0.4 is 10.2 Å². The Bertz CT molecular complexity index is 652. The first-order valence-electron chi connectivity index (χ1n) is 9.28. The van der Waals surface area contributed by atoms with Gasteiger partial charge in [0.25, 0.3) is 0 Å². The van der Waals surface area contributed by atoms with Gasteiger partial charge in [-0.05, 0) is 57.2 Å².